The standard InChI is InChI=1S/C24H22Cl2N2O4S/c1-17-6-9-19(10-7-17)33(30,31)27(15-18-8-11-20(25)21(26)14-18)16-24(29)28-12-13-32-23-5-3-2-4-22(23)28/h2-11,14H,12-13,15-16H2,1H3. The first-order valence-corrected chi connectivity index (χ1v) is 12.5. The van der Waals surface area contributed by atoms with Gasteiger partial charge in [0, 0.05) is 6.54 Å². The Morgan fingerprint density at radius 2 is 1.76 bits per heavy atom. The minimum atomic E-state index is -3.97. The number of carbonyl (C=O) groups excluding carboxylic acids is 1. The van der Waals surface area contributed by atoms with Crippen LogP contribution >= 0.6 is 23.2 Å². The van der Waals surface area contributed by atoms with Crippen molar-refractivity contribution in [2.75, 3.05) is 24.6 Å². The molecule has 1 aliphatic heterocycles. The first-order chi connectivity index (χ1) is 15.8. The van der Waals surface area contributed by atoms with Gasteiger partial charge in [0.05, 0.1) is 33.7 Å². The molecular formula is C24H22Cl2N2O4S. The Bertz CT molecular complexity index is 1280. The van der Waals surface area contributed by atoms with Crippen LogP contribution in [-0.4, -0.2) is 38.3 Å². The minimum absolute atomic E-state index is 0.0369. The molecule has 0 bridgehead atoms. The third-order valence-corrected chi connectivity index (χ3v) is 7.89. The monoisotopic (exact) mass is 504 g/mol. The Balaban J connectivity index is 1.67. The third-order valence-electron chi connectivity index (χ3n) is 5.34. The quantitative estimate of drug-likeness (QED) is 0.477. The fourth-order valence-corrected chi connectivity index (χ4v) is 5.29. The van der Waals surface area contributed by atoms with Crippen molar-refractivity contribution >= 4 is 44.8 Å². The van der Waals surface area contributed by atoms with E-state index in [0.29, 0.717) is 40.2 Å². The lowest BCUT2D eigenvalue weighted by Gasteiger charge is -2.31. The summed E-state index contributed by atoms with van der Waals surface area (Å²) in [5.74, 6) is 0.246. The van der Waals surface area contributed by atoms with Gasteiger partial charge in [-0.2, -0.15) is 4.31 Å². The molecule has 1 amide bonds. The highest BCUT2D eigenvalue weighted by Crippen LogP contribution is 2.31. The lowest BCUT2D eigenvalue weighted by Crippen LogP contribution is -2.45. The Morgan fingerprint density at radius 1 is 1.03 bits per heavy atom. The molecule has 0 spiro atoms. The minimum Gasteiger partial charge on any atom is -0.490 e. The Morgan fingerprint density at radius 3 is 2.48 bits per heavy atom. The first kappa shape index (κ1) is 23.6. The number of rotatable bonds is 6. The second-order valence-electron chi connectivity index (χ2n) is 7.70. The maximum absolute atomic E-state index is 13.5. The van der Waals surface area contributed by atoms with Crippen LogP contribution in [0.15, 0.2) is 71.6 Å². The summed E-state index contributed by atoms with van der Waals surface area (Å²) in [5.41, 5.74) is 2.18. The van der Waals surface area contributed by atoms with E-state index < -0.39 is 10.0 Å². The van der Waals surface area contributed by atoms with E-state index in [1.165, 1.54) is 0 Å². The molecule has 0 unspecified atom stereocenters. The second-order valence-corrected chi connectivity index (χ2v) is 10.4. The van der Waals surface area contributed by atoms with Crippen LogP contribution in [0.3, 0.4) is 0 Å². The summed E-state index contributed by atoms with van der Waals surface area (Å²) in [6, 6.07) is 18.6. The third kappa shape index (κ3) is 5.17. The maximum atomic E-state index is 13.5. The summed E-state index contributed by atoms with van der Waals surface area (Å²) >= 11 is 12.2. The number of para-hydroxylation sites is 2. The van der Waals surface area contributed by atoms with Gasteiger partial charge in [-0.3, -0.25) is 4.79 Å². The van der Waals surface area contributed by atoms with E-state index in [1.54, 1.807) is 59.5 Å². The zero-order chi connectivity index (χ0) is 23.6. The van der Waals surface area contributed by atoms with Crippen molar-refractivity contribution < 1.29 is 17.9 Å². The van der Waals surface area contributed by atoms with Crippen LogP contribution in [0.5, 0.6) is 5.75 Å². The van der Waals surface area contributed by atoms with E-state index in [4.69, 9.17) is 27.9 Å². The van der Waals surface area contributed by atoms with Gasteiger partial charge in [0.1, 0.15) is 12.4 Å². The van der Waals surface area contributed by atoms with Crippen molar-refractivity contribution in [1.29, 1.82) is 0 Å². The fourth-order valence-electron chi connectivity index (χ4n) is 3.59. The molecule has 3 aromatic rings. The van der Waals surface area contributed by atoms with Crippen molar-refractivity contribution in [3.8, 4) is 5.75 Å². The number of hydrogen-bond donors (Lipinski definition) is 0. The molecule has 9 heteroatoms. The zero-order valence-corrected chi connectivity index (χ0v) is 20.2. The van der Waals surface area contributed by atoms with Gasteiger partial charge in [-0.1, -0.05) is 59.1 Å². The number of benzene rings is 3. The molecule has 0 fully saturated rings. The SMILES string of the molecule is Cc1ccc(S(=O)(=O)N(CC(=O)N2CCOc3ccccc32)Cc2ccc(Cl)c(Cl)c2)cc1. The molecule has 0 saturated carbocycles. The maximum Gasteiger partial charge on any atom is 0.243 e. The van der Waals surface area contributed by atoms with Crippen LogP contribution in [0.1, 0.15) is 11.1 Å². The summed E-state index contributed by atoms with van der Waals surface area (Å²) in [7, 11) is -3.97. The Kier molecular flexibility index (Phi) is 6.95. The molecule has 0 aliphatic carbocycles. The number of nitrogens with zero attached hydrogens (tertiary/aromatic N) is 2. The van der Waals surface area contributed by atoms with Crippen LogP contribution in [0.4, 0.5) is 5.69 Å². The summed E-state index contributed by atoms with van der Waals surface area (Å²) in [6.45, 7) is 2.17. The molecule has 0 aromatic heterocycles. The predicted molar refractivity (Wildman–Crippen MR) is 130 cm³/mol. The average Bonchev–Trinajstić information content (AvgIpc) is 2.81. The van der Waals surface area contributed by atoms with Crippen LogP contribution in [0, 0.1) is 6.92 Å². The van der Waals surface area contributed by atoms with E-state index in [9.17, 15) is 13.2 Å². The van der Waals surface area contributed by atoms with Gasteiger partial charge in [0.15, 0.2) is 0 Å². The number of carbonyl (C=O) groups is 1. The number of halogens is 2. The molecule has 172 valence electrons. The number of fused-ring (bicyclic) bond motifs is 1. The van der Waals surface area contributed by atoms with Gasteiger partial charge in [-0.25, -0.2) is 8.42 Å². The molecule has 1 aliphatic rings. The van der Waals surface area contributed by atoms with Crippen LogP contribution in [0.2, 0.25) is 10.0 Å². The number of sulfonamides is 1. The van der Waals surface area contributed by atoms with Crippen molar-refractivity contribution in [2.24, 2.45) is 0 Å². The average molecular weight is 505 g/mol. The largest absolute Gasteiger partial charge is 0.490 e. The van der Waals surface area contributed by atoms with Crippen molar-refractivity contribution in [2.45, 2.75) is 18.4 Å². The lowest BCUT2D eigenvalue weighted by molar-refractivity contribution is -0.119. The molecule has 1 heterocycles. The highest BCUT2D eigenvalue weighted by molar-refractivity contribution is 7.89. The zero-order valence-electron chi connectivity index (χ0n) is 17.9. The van der Waals surface area contributed by atoms with Gasteiger partial charge < -0.3 is 9.64 Å². The second kappa shape index (κ2) is 9.73. The van der Waals surface area contributed by atoms with Crippen LogP contribution in [0.25, 0.3) is 0 Å². The highest BCUT2D eigenvalue weighted by atomic mass is 35.5. The Hall–Kier alpha value is -2.58. The van der Waals surface area contributed by atoms with Gasteiger partial charge in [-0.15, -0.1) is 0 Å². The highest BCUT2D eigenvalue weighted by Gasteiger charge is 2.31. The fraction of sp³-hybridized carbons (Fsp3) is 0.208. The van der Waals surface area contributed by atoms with Crippen molar-refractivity contribution in [3.63, 3.8) is 0 Å². The molecule has 0 radical (unpaired) electrons. The molecule has 0 saturated heterocycles. The van der Waals surface area contributed by atoms with Crippen molar-refractivity contribution in [1.82, 2.24) is 4.31 Å². The van der Waals surface area contributed by atoms with Crippen LogP contribution < -0.4 is 9.64 Å². The van der Waals surface area contributed by atoms with Crippen molar-refractivity contribution in [3.05, 3.63) is 87.9 Å². The molecule has 4 rings (SSSR count). The molecular weight excluding hydrogens is 483 g/mol. The number of aryl methyl sites for hydroxylation is 1. The normalized spacial score (nSPS) is 13.5. The van der Waals surface area contributed by atoms with E-state index in [-0.39, 0.29) is 23.9 Å². The Labute approximate surface area is 203 Å². The lowest BCUT2D eigenvalue weighted by atomic mass is 10.2. The topological polar surface area (TPSA) is 66.9 Å². The van der Waals surface area contributed by atoms with Gasteiger partial charge in [0.25, 0.3) is 0 Å². The first-order valence-electron chi connectivity index (χ1n) is 10.3. The number of anilines is 1. The van der Waals surface area contributed by atoms with Crippen LogP contribution in [-0.2, 0) is 21.4 Å². The van der Waals surface area contributed by atoms with E-state index in [0.717, 1.165) is 9.87 Å². The molecule has 3 aromatic carbocycles. The molecule has 0 atom stereocenters. The predicted octanol–water partition coefficient (Wildman–Crippen LogP) is 4.92. The van der Waals surface area contributed by atoms with Gasteiger partial charge in [-0.05, 0) is 48.9 Å². The summed E-state index contributed by atoms with van der Waals surface area (Å²) in [6.07, 6.45) is 0. The number of amides is 1. The van der Waals surface area contributed by atoms with Gasteiger partial charge in [0.2, 0.25) is 15.9 Å². The summed E-state index contributed by atoms with van der Waals surface area (Å²) in [4.78, 5) is 15.0. The molecule has 6 nitrogen and oxygen atoms in total. The summed E-state index contributed by atoms with van der Waals surface area (Å²) < 4.78 is 33.9. The smallest absolute Gasteiger partial charge is 0.243 e. The van der Waals surface area contributed by atoms with E-state index in [2.05, 4.69) is 0 Å². The summed E-state index contributed by atoms with van der Waals surface area (Å²) in [5, 5.41) is 0.685. The van der Waals surface area contributed by atoms with E-state index in [1.807, 2.05) is 19.1 Å². The van der Waals surface area contributed by atoms with Gasteiger partial charge >= 0.3 is 0 Å². The number of ether oxygens (including phenoxy) is 1. The molecule has 33 heavy (non-hydrogen) atoms. The van der Waals surface area contributed by atoms with E-state index >= 15 is 0 Å². The molecule has 0 N–H and O–H groups in total. The number of hydrogen-bond acceptors (Lipinski definition) is 4.